The van der Waals surface area contributed by atoms with Gasteiger partial charge in [0.2, 0.25) is 11.8 Å². The average molecular weight is 985 g/mol. The number of rotatable bonds is 8. The molecule has 3 saturated heterocycles. The van der Waals surface area contributed by atoms with Crippen LogP contribution in [0.4, 0.5) is 0 Å². The third kappa shape index (κ3) is 11.5. The largest absolute Gasteiger partial charge is 0.464 e. The molecule has 3 fully saturated rings. The Morgan fingerprint density at radius 3 is 2.54 bits per heavy atom. The molecule has 4 aromatic rings. The van der Waals surface area contributed by atoms with Gasteiger partial charge in [-0.05, 0) is 111 Å². The second-order valence-corrected chi connectivity index (χ2v) is 20.9. The van der Waals surface area contributed by atoms with E-state index in [0.29, 0.717) is 78.0 Å². The molecule has 4 aliphatic heterocycles. The van der Waals surface area contributed by atoms with Gasteiger partial charge in [-0.2, -0.15) is 0 Å². The van der Waals surface area contributed by atoms with Crippen LogP contribution in [0.1, 0.15) is 90.2 Å². The van der Waals surface area contributed by atoms with Crippen LogP contribution in [-0.2, 0) is 57.6 Å². The fourth-order valence-electron chi connectivity index (χ4n) is 10.6. The molecule has 16 nitrogen and oxygen atoms in total. The summed E-state index contributed by atoms with van der Waals surface area (Å²) in [6.07, 6.45) is 4.43. The predicted octanol–water partition coefficient (Wildman–Crippen LogP) is 5.56. The van der Waals surface area contributed by atoms with Gasteiger partial charge in [-0.3, -0.25) is 38.9 Å². The number of nitrogens with one attached hydrogen (secondary N) is 2. The lowest BCUT2D eigenvalue weighted by Crippen LogP contribution is -2.62. The maximum absolute atomic E-state index is 14.9. The van der Waals surface area contributed by atoms with Gasteiger partial charge < -0.3 is 33.9 Å². The Morgan fingerprint density at radius 1 is 0.986 bits per heavy atom. The Balaban J connectivity index is 1.14. The van der Waals surface area contributed by atoms with Gasteiger partial charge in [-0.25, -0.2) is 5.43 Å². The van der Waals surface area contributed by atoms with Crippen LogP contribution >= 0.6 is 0 Å². The first kappa shape index (κ1) is 52.2. The molecule has 0 spiro atoms. The molecule has 4 aliphatic rings. The highest BCUT2D eigenvalue weighted by atomic mass is 16.5. The monoisotopic (exact) mass is 985 g/mol. The molecular weight excluding hydrogens is 913 g/mol. The molecule has 1 unspecified atom stereocenters. The van der Waals surface area contributed by atoms with E-state index >= 15 is 0 Å². The first-order valence-electron chi connectivity index (χ1n) is 25.7. The lowest BCUT2D eigenvalue weighted by atomic mass is 9.84. The number of hydrogen-bond acceptors (Lipinski definition) is 11. The van der Waals surface area contributed by atoms with Crippen molar-refractivity contribution in [3.8, 4) is 34.2 Å². The smallest absolute Gasteiger partial charge is 0.324 e. The number of morpholine rings is 1. The molecule has 6 heterocycles. The highest BCUT2D eigenvalue weighted by Gasteiger charge is 2.39. The molecule has 2 aromatic heterocycles. The van der Waals surface area contributed by atoms with Crippen molar-refractivity contribution in [1.82, 2.24) is 40.0 Å². The van der Waals surface area contributed by atoms with E-state index in [4.69, 9.17) is 19.2 Å². The molecule has 8 rings (SSSR count). The lowest BCUT2D eigenvalue weighted by molar-refractivity contribution is -0.155. The van der Waals surface area contributed by atoms with Crippen LogP contribution in [0.5, 0.6) is 0 Å². The number of aryl methyl sites for hydroxylation is 1. The van der Waals surface area contributed by atoms with Crippen molar-refractivity contribution in [3.05, 3.63) is 77.6 Å². The zero-order valence-electron chi connectivity index (χ0n) is 43.3. The Morgan fingerprint density at radius 2 is 1.78 bits per heavy atom. The van der Waals surface area contributed by atoms with Crippen molar-refractivity contribution < 1.29 is 38.2 Å². The Kier molecular flexibility index (Phi) is 16.5. The molecule has 6 bridgehead atoms. The first-order valence-corrected chi connectivity index (χ1v) is 25.7. The Labute approximate surface area is 424 Å². The van der Waals surface area contributed by atoms with Crippen molar-refractivity contribution in [1.29, 1.82) is 0 Å². The lowest BCUT2D eigenvalue weighted by Gasteiger charge is -2.38. The van der Waals surface area contributed by atoms with Crippen molar-refractivity contribution in [2.24, 2.45) is 11.3 Å². The molecule has 384 valence electrons. The highest BCUT2D eigenvalue weighted by Crippen LogP contribution is 2.42. The number of nitrogens with zero attached hydrogens (tertiary/aromatic N) is 6. The number of amides is 4. The van der Waals surface area contributed by atoms with Gasteiger partial charge in [0.05, 0.1) is 43.4 Å². The van der Waals surface area contributed by atoms with E-state index in [1.807, 2.05) is 50.9 Å². The second-order valence-electron chi connectivity index (χ2n) is 20.9. The van der Waals surface area contributed by atoms with Crippen molar-refractivity contribution in [2.75, 3.05) is 66.7 Å². The number of benzene rings is 2. The topological polar surface area (TPSA) is 168 Å². The maximum atomic E-state index is 14.9. The van der Waals surface area contributed by atoms with Crippen LogP contribution in [0, 0.1) is 23.2 Å². The number of pyridine rings is 1. The van der Waals surface area contributed by atoms with Gasteiger partial charge in [-0.1, -0.05) is 63.9 Å². The number of methoxy groups -OCH3 is 1. The molecule has 16 heteroatoms. The van der Waals surface area contributed by atoms with Crippen molar-refractivity contribution in [2.45, 2.75) is 117 Å². The highest BCUT2D eigenvalue weighted by molar-refractivity contribution is 5.98. The van der Waals surface area contributed by atoms with E-state index in [1.54, 1.807) is 18.2 Å². The molecule has 2 N–H and O–H groups in total. The summed E-state index contributed by atoms with van der Waals surface area (Å²) in [4.78, 5) is 81.3. The summed E-state index contributed by atoms with van der Waals surface area (Å²) >= 11 is 0. The molecule has 0 aliphatic carbocycles. The van der Waals surface area contributed by atoms with E-state index in [2.05, 4.69) is 84.3 Å². The predicted molar refractivity (Wildman–Crippen MR) is 275 cm³/mol. The third-order valence-corrected chi connectivity index (χ3v) is 14.6. The Bertz CT molecular complexity index is 2720. The van der Waals surface area contributed by atoms with Gasteiger partial charge in [0, 0.05) is 74.3 Å². The molecule has 0 radical (unpaired) electrons. The van der Waals surface area contributed by atoms with Crippen LogP contribution in [0.25, 0.3) is 33.3 Å². The molecule has 4 amide bonds. The van der Waals surface area contributed by atoms with E-state index in [0.717, 1.165) is 50.1 Å². The Hall–Kier alpha value is -6.12. The normalized spacial score (nSPS) is 22.3. The third-order valence-electron chi connectivity index (χ3n) is 14.6. The zero-order chi connectivity index (χ0) is 51.3. The van der Waals surface area contributed by atoms with Gasteiger partial charge >= 0.3 is 5.97 Å². The number of aromatic nitrogens is 2. The van der Waals surface area contributed by atoms with Crippen LogP contribution in [0.2, 0.25) is 0 Å². The standard InChI is InChI=1S/C56H72N8O8/c1-9-62-47-21-19-40-31-43(47)44(52(62)42-17-13-23-57-50(42)37(4)70-8)32-56(5,6)35-72-55(69)45-18-14-26-64(59-45)54(68)46(30-38-15-12-16-39(40)29-38)58-53(67)51(36(2)3)63-25-11-10-24-61(33-49(63)66)48(65)22-20-41-34-71-28-27-60(41)7/h12-13,15-17,19,21,23,29,31,36-37,41,45-46,51,59H,9-11,14,18,24-28,30,32-35H2,1-8H3,(H,58,67)/t37-,41-,45-,46-,51?/m0/s1. The average Bonchev–Trinajstić information content (AvgIpc) is 3.67. The zero-order valence-corrected chi connectivity index (χ0v) is 43.3. The number of carbonyl (C=O) groups is 5. The summed E-state index contributed by atoms with van der Waals surface area (Å²) in [5.41, 5.74) is 10.4. The van der Waals surface area contributed by atoms with Gasteiger partial charge in [-0.15, -0.1) is 0 Å². The summed E-state index contributed by atoms with van der Waals surface area (Å²) in [5, 5.41) is 5.62. The minimum absolute atomic E-state index is 0.129. The van der Waals surface area contributed by atoms with Crippen molar-refractivity contribution >= 4 is 40.5 Å². The van der Waals surface area contributed by atoms with Crippen LogP contribution in [-0.4, -0.2) is 150 Å². The number of esters is 1. The number of cyclic esters (lactones) is 1. The SMILES string of the molecule is CCn1c(-c2cccnc2[C@H](C)OC)c2c3cc(ccc31)-c1cccc(c1)C[C@H](NC(=O)C(C(C)C)N1CCCCN(C(=O)C#C[C@H]3COCCN3C)CC1=O)C(=O)N1CCC[C@H](N1)C(=O)OCC(C)(C)C2. The summed E-state index contributed by atoms with van der Waals surface area (Å²) in [6.45, 7) is 15.4. The molecule has 0 saturated carbocycles. The van der Waals surface area contributed by atoms with Gasteiger partial charge in [0.15, 0.2) is 0 Å². The number of hydrazine groups is 1. The number of likely N-dealkylation sites (N-methyl/N-ethyl adjacent to an activating group) is 1. The maximum Gasteiger partial charge on any atom is 0.324 e. The number of hydrogen-bond donors (Lipinski definition) is 2. The molecule has 5 atom stereocenters. The van der Waals surface area contributed by atoms with Crippen LogP contribution in [0.3, 0.4) is 0 Å². The summed E-state index contributed by atoms with van der Waals surface area (Å²) in [6, 6.07) is 15.6. The van der Waals surface area contributed by atoms with Gasteiger partial charge in [0.25, 0.3) is 11.8 Å². The van der Waals surface area contributed by atoms with E-state index in [9.17, 15) is 24.0 Å². The van der Waals surface area contributed by atoms with E-state index < -0.39 is 47.2 Å². The molecular formula is C56H72N8O8. The van der Waals surface area contributed by atoms with Crippen LogP contribution < -0.4 is 10.7 Å². The number of carbonyl (C=O) groups excluding carboxylic acids is 5. The number of fused-ring (bicyclic) bond motifs is 6. The number of ether oxygens (including phenoxy) is 3. The summed E-state index contributed by atoms with van der Waals surface area (Å²) in [7, 11) is 3.63. The summed E-state index contributed by atoms with van der Waals surface area (Å²) < 4.78 is 19.9. The summed E-state index contributed by atoms with van der Waals surface area (Å²) in [5.74, 6) is 3.28. The fourth-order valence-corrected chi connectivity index (χ4v) is 10.6. The van der Waals surface area contributed by atoms with Crippen LogP contribution in [0.15, 0.2) is 60.8 Å². The quantitative estimate of drug-likeness (QED) is 0.168. The second kappa shape index (κ2) is 22.7. The molecule has 72 heavy (non-hydrogen) atoms. The van der Waals surface area contributed by atoms with Gasteiger partial charge in [0.1, 0.15) is 24.7 Å². The fraction of sp³-hybridized carbons (Fsp3) is 0.536. The van der Waals surface area contributed by atoms with E-state index in [1.165, 1.54) is 9.91 Å². The van der Waals surface area contributed by atoms with Crippen molar-refractivity contribution in [3.63, 3.8) is 0 Å². The minimum atomic E-state index is -1.08. The first-order chi connectivity index (χ1) is 34.6. The molecule has 2 aromatic carbocycles. The minimum Gasteiger partial charge on any atom is -0.464 e. The van der Waals surface area contributed by atoms with E-state index in [-0.39, 0.29) is 43.5 Å².